The Morgan fingerprint density at radius 1 is 0.321 bits per heavy atom. The van der Waals surface area contributed by atoms with E-state index in [1.807, 2.05) is 0 Å². The van der Waals surface area contributed by atoms with Gasteiger partial charge in [0.2, 0.25) is 0 Å². The molecule has 9 rings (SSSR count). The van der Waals surface area contributed by atoms with Gasteiger partial charge in [-0.2, -0.15) is 0 Å². The van der Waals surface area contributed by atoms with Crippen molar-refractivity contribution in [1.29, 1.82) is 0 Å². The van der Waals surface area contributed by atoms with Crippen LogP contribution in [0.3, 0.4) is 0 Å². The number of hydrogen-bond acceptors (Lipinski definition) is 0. The molecular weight excluding hydrogens is 846 g/mol. The van der Waals surface area contributed by atoms with E-state index in [1.165, 1.54) is 53.7 Å². The van der Waals surface area contributed by atoms with E-state index in [0.717, 1.165) is 0 Å². The SMILES string of the molecule is [Cl][Ru][Cl].c1ccc(-c2c[cH-]c3ccccc23)cc1.c1ccc([PH+](c2ccccc2)c2ccccc2)cc1.c1ccc([PH+](c2ccccc2)c2ccccc2)cc1. The number of rotatable bonds is 7. The summed E-state index contributed by atoms with van der Waals surface area (Å²) in [5.74, 6) is 0. The third-order valence-electron chi connectivity index (χ3n) is 9.14. The average molecular weight is 890 g/mol. The second-order valence-corrected chi connectivity index (χ2v) is 20.3. The van der Waals surface area contributed by atoms with Crippen LogP contribution >= 0.6 is 35.2 Å². The zero-order valence-corrected chi connectivity index (χ0v) is 36.0. The van der Waals surface area contributed by atoms with Crippen LogP contribution in [-0.4, -0.2) is 0 Å². The predicted octanol–water partition coefficient (Wildman–Crippen LogP) is 12.0. The zero-order valence-electron chi connectivity index (χ0n) is 30.8. The Bertz CT molecular complexity index is 2090. The van der Waals surface area contributed by atoms with Gasteiger partial charge in [0.25, 0.3) is 0 Å². The zero-order chi connectivity index (χ0) is 38.6. The van der Waals surface area contributed by atoms with Crippen molar-refractivity contribution in [3.63, 3.8) is 0 Å². The summed E-state index contributed by atoms with van der Waals surface area (Å²) in [6, 6.07) is 88.4. The standard InChI is InChI=1S/2C18H15P.C15H11.2ClH.Ru/c2*1-4-10-16(11-5-1)19(17-12-6-2-7-13-17)18-14-8-3-9-15-18;1-2-6-12(7-3-1)15-11-10-13-8-4-5-9-14(13)15;;;/h2*1-15H;1-11H;2*1H;/q;;-1;;;+2. The van der Waals surface area contributed by atoms with E-state index in [1.54, 1.807) is 0 Å². The third-order valence-corrected chi connectivity index (χ3v) is 14.6. The molecule has 0 aliphatic heterocycles. The van der Waals surface area contributed by atoms with Crippen LogP contribution in [0.4, 0.5) is 0 Å². The summed E-state index contributed by atoms with van der Waals surface area (Å²) in [5, 5.41) is 11.3. The van der Waals surface area contributed by atoms with Crippen molar-refractivity contribution in [3.8, 4) is 11.1 Å². The molecule has 0 heterocycles. The topological polar surface area (TPSA) is 0 Å². The molecule has 9 aromatic carbocycles. The van der Waals surface area contributed by atoms with Gasteiger partial charge in [-0.25, -0.2) is 0 Å². The number of benzene rings is 8. The Kier molecular flexibility index (Phi) is 16.8. The van der Waals surface area contributed by atoms with Gasteiger partial charge in [-0.3, -0.25) is 0 Å². The van der Waals surface area contributed by atoms with Crippen LogP contribution in [0.5, 0.6) is 0 Å². The Morgan fingerprint density at radius 2 is 0.571 bits per heavy atom. The molecule has 278 valence electrons. The molecule has 0 N–H and O–H groups in total. The summed E-state index contributed by atoms with van der Waals surface area (Å²) in [7, 11) is 7.95. The van der Waals surface area contributed by atoms with Crippen LogP contribution in [0, 0.1) is 0 Å². The fraction of sp³-hybridized carbons (Fsp3) is 0. The predicted molar refractivity (Wildman–Crippen MR) is 250 cm³/mol. The first-order valence-corrected chi connectivity index (χ1v) is 25.9. The van der Waals surface area contributed by atoms with Crippen molar-refractivity contribution < 1.29 is 15.1 Å². The summed E-state index contributed by atoms with van der Waals surface area (Å²) in [6.07, 6.45) is 0. The third kappa shape index (κ3) is 11.7. The van der Waals surface area contributed by atoms with E-state index in [-0.39, 0.29) is 15.1 Å². The molecule has 0 aliphatic rings. The summed E-state index contributed by atoms with van der Waals surface area (Å²) < 4.78 is 0. The first-order valence-electron chi connectivity index (χ1n) is 18.4. The van der Waals surface area contributed by atoms with Gasteiger partial charge in [-0.1, -0.05) is 151 Å². The summed E-state index contributed by atoms with van der Waals surface area (Å²) in [5.41, 5.74) is 2.62. The van der Waals surface area contributed by atoms with Crippen LogP contribution < -0.4 is 31.8 Å². The average Bonchev–Trinajstić information content (AvgIpc) is 3.72. The molecule has 0 unspecified atom stereocenters. The Labute approximate surface area is 350 Å². The maximum atomic E-state index is 4.85. The van der Waals surface area contributed by atoms with E-state index in [0.29, 0.717) is 0 Å². The molecule has 5 heteroatoms. The largest absolute Gasteiger partial charge is 0.150 e. The molecule has 0 radical (unpaired) electrons. The fourth-order valence-electron chi connectivity index (χ4n) is 6.65. The molecule has 0 nitrogen and oxygen atoms in total. The second kappa shape index (κ2) is 22.9. The van der Waals surface area contributed by atoms with Crippen LogP contribution in [0.25, 0.3) is 21.9 Å². The van der Waals surface area contributed by atoms with Gasteiger partial charge in [0.1, 0.15) is 31.8 Å². The normalized spacial score (nSPS) is 10.4. The van der Waals surface area contributed by atoms with Crippen molar-refractivity contribution >= 4 is 77.8 Å². The van der Waals surface area contributed by atoms with Crippen LogP contribution in [0.15, 0.2) is 249 Å². The molecule has 0 spiro atoms. The van der Waals surface area contributed by atoms with Gasteiger partial charge in [-0.15, -0.1) is 46.7 Å². The van der Waals surface area contributed by atoms with Gasteiger partial charge in [0.15, 0.2) is 0 Å². The molecule has 0 amide bonds. The van der Waals surface area contributed by atoms with Crippen molar-refractivity contribution in [3.05, 3.63) is 249 Å². The number of halogens is 2. The maximum Gasteiger partial charge on any atom is 0.102 e. The maximum absolute atomic E-state index is 4.85. The van der Waals surface area contributed by atoms with E-state index >= 15 is 0 Å². The Hall–Kier alpha value is -4.57. The molecule has 56 heavy (non-hydrogen) atoms. The molecule has 0 fully saturated rings. The summed E-state index contributed by atoms with van der Waals surface area (Å²) in [6.45, 7) is 0. The number of hydrogen-bond donors (Lipinski definition) is 0. The molecule has 0 aromatic heterocycles. The van der Waals surface area contributed by atoms with Gasteiger partial charge in [-0.05, 0) is 72.8 Å². The van der Waals surface area contributed by atoms with Crippen LogP contribution in [-0.2, 0) is 15.1 Å². The summed E-state index contributed by atoms with van der Waals surface area (Å²) in [4.78, 5) is 0. The fourth-order valence-corrected chi connectivity index (χ4v) is 11.8. The minimum atomic E-state index is -0.877. The van der Waals surface area contributed by atoms with E-state index < -0.39 is 15.8 Å². The molecule has 0 saturated heterocycles. The molecule has 0 bridgehead atoms. The summed E-state index contributed by atoms with van der Waals surface area (Å²) >= 11 is -0.346. The van der Waals surface area contributed by atoms with Gasteiger partial charge >= 0.3 is 34.5 Å². The smallest absolute Gasteiger partial charge is 0.102 e. The second-order valence-electron chi connectivity index (χ2n) is 12.7. The van der Waals surface area contributed by atoms with E-state index in [4.69, 9.17) is 19.4 Å². The first-order chi connectivity index (χ1) is 27.8. The number of fused-ring (bicyclic) bond motifs is 1. The van der Waals surface area contributed by atoms with E-state index in [9.17, 15) is 0 Å². The van der Waals surface area contributed by atoms with Crippen molar-refractivity contribution in [2.75, 3.05) is 0 Å². The minimum Gasteiger partial charge on any atom is -0.150 e. The van der Waals surface area contributed by atoms with Gasteiger partial charge < -0.3 is 0 Å². The molecule has 0 aliphatic carbocycles. The van der Waals surface area contributed by atoms with Crippen molar-refractivity contribution in [2.45, 2.75) is 0 Å². The van der Waals surface area contributed by atoms with Crippen molar-refractivity contribution in [1.82, 2.24) is 0 Å². The monoisotopic (exact) mass is 889 g/mol. The quantitative estimate of drug-likeness (QED) is 0.0850. The van der Waals surface area contributed by atoms with Crippen LogP contribution in [0.2, 0.25) is 0 Å². The molecular formula is C51H43Cl2P2Ru+. The van der Waals surface area contributed by atoms with Crippen molar-refractivity contribution in [2.24, 2.45) is 0 Å². The molecule has 9 aromatic rings. The Balaban J connectivity index is 0.000000138. The van der Waals surface area contributed by atoms with Gasteiger partial charge in [0.05, 0.1) is 15.8 Å². The first kappa shape index (κ1) is 41.1. The molecule has 0 atom stereocenters. The minimum absolute atomic E-state index is 0.346. The molecule has 0 saturated carbocycles. The van der Waals surface area contributed by atoms with Crippen LogP contribution in [0.1, 0.15) is 0 Å². The van der Waals surface area contributed by atoms with Gasteiger partial charge in [0, 0.05) is 0 Å². The Morgan fingerprint density at radius 3 is 0.875 bits per heavy atom. The van der Waals surface area contributed by atoms with E-state index in [2.05, 4.69) is 249 Å².